The van der Waals surface area contributed by atoms with Gasteiger partial charge in [-0.25, -0.2) is 9.97 Å². The molecular formula is C16H24Cl2N4OS2. The summed E-state index contributed by atoms with van der Waals surface area (Å²) in [4.78, 5) is 23.6. The first-order valence-corrected chi connectivity index (χ1v) is 9.73. The van der Waals surface area contributed by atoms with E-state index in [2.05, 4.69) is 24.2 Å². The van der Waals surface area contributed by atoms with Crippen LogP contribution in [0, 0.1) is 0 Å². The summed E-state index contributed by atoms with van der Waals surface area (Å²) in [6.07, 6.45) is 2.11. The molecule has 9 heteroatoms. The highest BCUT2D eigenvalue weighted by atomic mass is 35.5. The van der Waals surface area contributed by atoms with Crippen LogP contribution in [0.25, 0.3) is 0 Å². The van der Waals surface area contributed by atoms with Gasteiger partial charge in [0.2, 0.25) is 0 Å². The third-order valence-corrected chi connectivity index (χ3v) is 6.03. The Morgan fingerprint density at radius 3 is 2.68 bits per heavy atom. The topological polar surface area (TPSA) is 72.1 Å². The number of piperidine rings is 1. The second kappa shape index (κ2) is 9.83. The number of carbonyl (C=O) groups is 1. The number of thiazole rings is 2. The summed E-state index contributed by atoms with van der Waals surface area (Å²) in [6, 6.07) is 0. The number of nitrogens with two attached hydrogens (primary N) is 1. The van der Waals surface area contributed by atoms with Gasteiger partial charge in [0, 0.05) is 36.3 Å². The van der Waals surface area contributed by atoms with Crippen molar-refractivity contribution >= 4 is 53.4 Å². The quantitative estimate of drug-likeness (QED) is 0.806. The molecular weight excluding hydrogens is 399 g/mol. The Kier molecular flexibility index (Phi) is 8.77. The molecule has 1 amide bonds. The van der Waals surface area contributed by atoms with E-state index in [1.54, 1.807) is 11.3 Å². The third-order valence-electron chi connectivity index (χ3n) is 4.13. The monoisotopic (exact) mass is 422 g/mol. The molecule has 5 nitrogen and oxygen atoms in total. The first-order valence-electron chi connectivity index (χ1n) is 7.97. The van der Waals surface area contributed by atoms with Gasteiger partial charge in [0.25, 0.3) is 5.91 Å². The van der Waals surface area contributed by atoms with Crippen molar-refractivity contribution in [2.75, 3.05) is 13.1 Å². The van der Waals surface area contributed by atoms with Crippen LogP contribution in [0.1, 0.15) is 64.7 Å². The fourth-order valence-corrected chi connectivity index (χ4v) is 4.54. The van der Waals surface area contributed by atoms with Gasteiger partial charge in [-0.2, -0.15) is 0 Å². The van der Waals surface area contributed by atoms with Crippen LogP contribution in [0.5, 0.6) is 0 Å². The van der Waals surface area contributed by atoms with E-state index in [0.717, 1.165) is 41.6 Å². The van der Waals surface area contributed by atoms with Crippen molar-refractivity contribution in [1.82, 2.24) is 14.9 Å². The molecule has 0 bridgehead atoms. The summed E-state index contributed by atoms with van der Waals surface area (Å²) >= 11 is 3.17. The van der Waals surface area contributed by atoms with Crippen LogP contribution in [0.2, 0.25) is 0 Å². The lowest BCUT2D eigenvalue weighted by molar-refractivity contribution is 0.0701. The molecule has 0 radical (unpaired) electrons. The molecule has 1 saturated heterocycles. The van der Waals surface area contributed by atoms with E-state index in [9.17, 15) is 4.79 Å². The second-order valence-electron chi connectivity index (χ2n) is 6.19. The number of carbonyl (C=O) groups excluding carboxylic acids is 1. The van der Waals surface area contributed by atoms with Crippen LogP contribution in [-0.4, -0.2) is 33.9 Å². The Morgan fingerprint density at radius 1 is 1.32 bits per heavy atom. The molecule has 25 heavy (non-hydrogen) atoms. The van der Waals surface area contributed by atoms with Crippen molar-refractivity contribution < 1.29 is 4.79 Å². The van der Waals surface area contributed by atoms with Gasteiger partial charge < -0.3 is 10.6 Å². The maximum Gasteiger partial charge on any atom is 0.273 e. The first kappa shape index (κ1) is 22.3. The van der Waals surface area contributed by atoms with Crippen molar-refractivity contribution in [3.05, 3.63) is 32.2 Å². The lowest BCUT2D eigenvalue weighted by atomic mass is 9.98. The largest absolute Gasteiger partial charge is 0.337 e. The molecule has 0 saturated carbocycles. The first-order chi connectivity index (χ1) is 11.1. The number of aromatic nitrogens is 2. The van der Waals surface area contributed by atoms with E-state index in [-0.39, 0.29) is 30.7 Å². The standard InChI is InChI=1S/C16H22N4OS2.2ClH/c1-10(2)12-8-23-15(19-12)11-4-3-5-20(7-11)16(21)13-9-22-14(6-17)18-13;;/h8-11H,3-7,17H2,1-2H3;2*1H. The molecule has 1 atom stereocenters. The van der Waals surface area contributed by atoms with Crippen LogP contribution in [0.4, 0.5) is 0 Å². The zero-order chi connectivity index (χ0) is 16.4. The Bertz CT molecular complexity index is 689. The van der Waals surface area contributed by atoms with Crippen LogP contribution < -0.4 is 5.73 Å². The maximum atomic E-state index is 12.6. The van der Waals surface area contributed by atoms with Crippen LogP contribution >= 0.6 is 47.5 Å². The van der Waals surface area contributed by atoms with Gasteiger partial charge in [0.05, 0.1) is 10.7 Å². The van der Waals surface area contributed by atoms with Crippen LogP contribution in [0.3, 0.4) is 0 Å². The molecule has 3 rings (SSSR count). The summed E-state index contributed by atoms with van der Waals surface area (Å²) in [6.45, 7) is 6.24. The van der Waals surface area contributed by atoms with Gasteiger partial charge in [0.1, 0.15) is 10.7 Å². The maximum absolute atomic E-state index is 12.6. The highest BCUT2D eigenvalue weighted by Crippen LogP contribution is 2.31. The Labute approximate surface area is 168 Å². The molecule has 2 N–H and O–H groups in total. The SMILES string of the molecule is CC(C)c1csc(C2CCCN(C(=O)c3csc(CN)n3)C2)n1.Cl.Cl. The van der Waals surface area contributed by atoms with E-state index in [4.69, 9.17) is 10.7 Å². The van der Waals surface area contributed by atoms with Crippen molar-refractivity contribution in [3.8, 4) is 0 Å². The normalized spacial score (nSPS) is 17.1. The number of hydrogen-bond acceptors (Lipinski definition) is 6. The van der Waals surface area contributed by atoms with Gasteiger partial charge in [-0.05, 0) is 18.8 Å². The molecule has 1 unspecified atom stereocenters. The van der Waals surface area contributed by atoms with Gasteiger partial charge >= 0.3 is 0 Å². The summed E-state index contributed by atoms with van der Waals surface area (Å²) in [5.41, 5.74) is 7.26. The van der Waals surface area contributed by atoms with Gasteiger partial charge in [-0.3, -0.25) is 4.79 Å². The number of halogens is 2. The zero-order valence-corrected chi connectivity index (χ0v) is 17.6. The average Bonchev–Trinajstić information content (AvgIpc) is 3.23. The summed E-state index contributed by atoms with van der Waals surface area (Å²) in [7, 11) is 0. The van der Waals surface area contributed by atoms with E-state index >= 15 is 0 Å². The van der Waals surface area contributed by atoms with E-state index < -0.39 is 0 Å². The zero-order valence-electron chi connectivity index (χ0n) is 14.3. The molecule has 0 aliphatic carbocycles. The minimum absolute atomic E-state index is 0. The molecule has 0 aromatic carbocycles. The fourth-order valence-electron chi connectivity index (χ4n) is 2.78. The summed E-state index contributed by atoms with van der Waals surface area (Å²) in [5.74, 6) is 0.815. The van der Waals surface area contributed by atoms with E-state index in [0.29, 0.717) is 24.1 Å². The van der Waals surface area contributed by atoms with Crippen LogP contribution in [0.15, 0.2) is 10.8 Å². The lowest BCUT2D eigenvalue weighted by Gasteiger charge is -2.31. The summed E-state index contributed by atoms with van der Waals surface area (Å²) < 4.78 is 0. The molecule has 1 aliphatic rings. The number of hydrogen-bond donors (Lipinski definition) is 1. The van der Waals surface area contributed by atoms with Gasteiger partial charge in [-0.1, -0.05) is 13.8 Å². The molecule has 2 aromatic rings. The molecule has 0 spiro atoms. The smallest absolute Gasteiger partial charge is 0.273 e. The molecule has 140 valence electrons. The van der Waals surface area contributed by atoms with Gasteiger partial charge in [0.15, 0.2) is 0 Å². The number of amides is 1. The second-order valence-corrected chi connectivity index (χ2v) is 8.02. The predicted molar refractivity (Wildman–Crippen MR) is 109 cm³/mol. The summed E-state index contributed by atoms with van der Waals surface area (Å²) in [5, 5.41) is 5.93. The van der Waals surface area contributed by atoms with Crippen LogP contribution in [-0.2, 0) is 6.54 Å². The minimum Gasteiger partial charge on any atom is -0.337 e. The van der Waals surface area contributed by atoms with Gasteiger partial charge in [-0.15, -0.1) is 47.5 Å². The number of rotatable bonds is 4. The van der Waals surface area contributed by atoms with Crippen molar-refractivity contribution in [2.45, 2.75) is 45.1 Å². The van der Waals surface area contributed by atoms with Crippen molar-refractivity contribution in [2.24, 2.45) is 5.73 Å². The highest BCUT2D eigenvalue weighted by molar-refractivity contribution is 7.10. The van der Waals surface area contributed by atoms with E-state index in [1.807, 2.05) is 10.3 Å². The lowest BCUT2D eigenvalue weighted by Crippen LogP contribution is -2.39. The number of nitrogens with zero attached hydrogens (tertiary/aromatic N) is 3. The van der Waals surface area contributed by atoms with Crippen molar-refractivity contribution in [3.63, 3.8) is 0 Å². The predicted octanol–water partition coefficient (Wildman–Crippen LogP) is 4.05. The Morgan fingerprint density at radius 2 is 2.08 bits per heavy atom. The average molecular weight is 423 g/mol. The highest BCUT2D eigenvalue weighted by Gasteiger charge is 2.28. The molecule has 1 aliphatic heterocycles. The number of likely N-dealkylation sites (tertiary alicyclic amines) is 1. The fraction of sp³-hybridized carbons (Fsp3) is 0.562. The third kappa shape index (κ3) is 5.14. The molecule has 3 heterocycles. The Hall–Kier alpha value is -0.730. The molecule has 1 fully saturated rings. The van der Waals surface area contributed by atoms with E-state index in [1.165, 1.54) is 11.3 Å². The Balaban J connectivity index is 0.00000156. The minimum atomic E-state index is 0. The van der Waals surface area contributed by atoms with Crippen molar-refractivity contribution in [1.29, 1.82) is 0 Å². The molecule has 2 aromatic heterocycles.